The Balaban J connectivity index is 1.89. The van der Waals surface area contributed by atoms with Gasteiger partial charge in [0.2, 0.25) is 5.91 Å². The highest BCUT2D eigenvalue weighted by Crippen LogP contribution is 2.31. The van der Waals surface area contributed by atoms with Crippen molar-refractivity contribution in [3.63, 3.8) is 0 Å². The first kappa shape index (κ1) is 18.9. The fraction of sp³-hybridized carbons (Fsp3) is 0.529. The zero-order valence-corrected chi connectivity index (χ0v) is 14.6. The number of nitrogens with zero attached hydrogens (tertiary/aromatic N) is 2. The minimum Gasteiger partial charge on any atom is -0.493 e. The Morgan fingerprint density at radius 2 is 1.80 bits per heavy atom. The molecule has 3 N–H and O–H groups in total. The third kappa shape index (κ3) is 4.76. The van der Waals surface area contributed by atoms with Gasteiger partial charge in [0, 0.05) is 44.4 Å². The molecule has 8 heteroatoms. The Morgan fingerprint density at radius 3 is 2.36 bits per heavy atom. The fourth-order valence-electron chi connectivity index (χ4n) is 2.80. The second kappa shape index (κ2) is 8.57. The summed E-state index contributed by atoms with van der Waals surface area (Å²) in [7, 11) is 3.19. The largest absolute Gasteiger partial charge is 0.493 e. The molecule has 1 aromatic rings. The normalized spacial score (nSPS) is 15.6. The number of anilines is 1. The van der Waals surface area contributed by atoms with Gasteiger partial charge in [-0.2, -0.15) is 0 Å². The van der Waals surface area contributed by atoms with Crippen LogP contribution in [-0.4, -0.2) is 68.3 Å². The highest BCUT2D eigenvalue weighted by molar-refractivity contribution is 5.78. The van der Waals surface area contributed by atoms with Gasteiger partial charge in [-0.25, -0.2) is 0 Å². The van der Waals surface area contributed by atoms with Gasteiger partial charge in [-0.05, 0) is 18.6 Å². The highest BCUT2D eigenvalue weighted by Gasteiger charge is 2.23. The molecule has 1 fully saturated rings. The van der Waals surface area contributed by atoms with Crippen molar-refractivity contribution in [1.29, 1.82) is 0 Å². The van der Waals surface area contributed by atoms with Gasteiger partial charge in [-0.3, -0.25) is 9.59 Å². The number of rotatable bonds is 7. The molecule has 1 atom stereocenters. The van der Waals surface area contributed by atoms with E-state index >= 15 is 0 Å². The Kier molecular flexibility index (Phi) is 6.46. The number of hydrogen-bond acceptors (Lipinski definition) is 6. The van der Waals surface area contributed by atoms with Crippen molar-refractivity contribution in [2.75, 3.05) is 45.3 Å². The molecule has 1 amide bonds. The lowest BCUT2D eigenvalue weighted by Crippen LogP contribution is -2.49. The van der Waals surface area contributed by atoms with Crippen molar-refractivity contribution in [1.82, 2.24) is 4.90 Å². The monoisotopic (exact) mass is 351 g/mol. The van der Waals surface area contributed by atoms with Gasteiger partial charge in [0.15, 0.2) is 11.5 Å². The summed E-state index contributed by atoms with van der Waals surface area (Å²) in [5, 5.41) is 8.77. The lowest BCUT2D eigenvalue weighted by molar-refractivity contribution is -0.139. The molecule has 2 rings (SSSR count). The SMILES string of the molecule is COc1ccc(N2CCN(C(=O)CC[C@H](N)C(=O)O)CC2)cc1OC. The van der Waals surface area contributed by atoms with E-state index in [1.807, 2.05) is 18.2 Å². The molecule has 138 valence electrons. The molecule has 0 bridgehead atoms. The Hall–Kier alpha value is -2.48. The van der Waals surface area contributed by atoms with Crippen molar-refractivity contribution in [3.8, 4) is 11.5 Å². The van der Waals surface area contributed by atoms with E-state index in [1.54, 1.807) is 19.1 Å². The Morgan fingerprint density at radius 1 is 1.16 bits per heavy atom. The van der Waals surface area contributed by atoms with Crippen LogP contribution in [0.4, 0.5) is 5.69 Å². The van der Waals surface area contributed by atoms with Crippen LogP contribution < -0.4 is 20.1 Å². The topological polar surface area (TPSA) is 105 Å². The van der Waals surface area contributed by atoms with Crippen LogP contribution in [0.15, 0.2) is 18.2 Å². The van der Waals surface area contributed by atoms with Crippen LogP contribution >= 0.6 is 0 Å². The van der Waals surface area contributed by atoms with Crippen molar-refractivity contribution in [2.45, 2.75) is 18.9 Å². The average Bonchev–Trinajstić information content (AvgIpc) is 2.65. The summed E-state index contributed by atoms with van der Waals surface area (Å²) >= 11 is 0. The molecule has 0 unspecified atom stereocenters. The molecule has 1 aromatic carbocycles. The number of piperazine rings is 1. The molecule has 1 saturated heterocycles. The maximum atomic E-state index is 12.2. The summed E-state index contributed by atoms with van der Waals surface area (Å²) in [6, 6.07) is 4.75. The van der Waals surface area contributed by atoms with Crippen LogP contribution in [0.5, 0.6) is 11.5 Å². The third-order valence-electron chi connectivity index (χ3n) is 4.35. The van der Waals surface area contributed by atoms with Gasteiger partial charge in [0.05, 0.1) is 14.2 Å². The van der Waals surface area contributed by atoms with Crippen molar-refractivity contribution >= 4 is 17.6 Å². The molecule has 0 radical (unpaired) electrons. The van der Waals surface area contributed by atoms with Gasteiger partial charge < -0.3 is 30.1 Å². The summed E-state index contributed by atoms with van der Waals surface area (Å²) in [5.41, 5.74) is 6.45. The van der Waals surface area contributed by atoms with Crippen LogP contribution in [0.25, 0.3) is 0 Å². The molecular weight excluding hydrogens is 326 g/mol. The third-order valence-corrected chi connectivity index (χ3v) is 4.35. The molecule has 1 aliphatic rings. The van der Waals surface area contributed by atoms with E-state index in [4.69, 9.17) is 20.3 Å². The number of carboxylic acid groups (broad SMARTS) is 1. The van der Waals surface area contributed by atoms with Crippen molar-refractivity contribution in [2.24, 2.45) is 5.73 Å². The number of carbonyl (C=O) groups is 2. The summed E-state index contributed by atoms with van der Waals surface area (Å²) in [6.45, 7) is 2.59. The number of amides is 1. The van der Waals surface area contributed by atoms with Crippen LogP contribution in [0.3, 0.4) is 0 Å². The second-order valence-corrected chi connectivity index (χ2v) is 5.89. The van der Waals surface area contributed by atoms with Gasteiger partial charge in [0.25, 0.3) is 0 Å². The van der Waals surface area contributed by atoms with Crippen molar-refractivity contribution < 1.29 is 24.2 Å². The van der Waals surface area contributed by atoms with Gasteiger partial charge >= 0.3 is 5.97 Å². The summed E-state index contributed by atoms with van der Waals surface area (Å²) in [4.78, 5) is 26.8. The van der Waals surface area contributed by atoms with E-state index in [2.05, 4.69) is 4.90 Å². The number of methoxy groups -OCH3 is 2. The quantitative estimate of drug-likeness (QED) is 0.739. The molecule has 1 aliphatic heterocycles. The first-order valence-corrected chi connectivity index (χ1v) is 8.19. The maximum Gasteiger partial charge on any atom is 0.320 e. The van der Waals surface area contributed by atoms with Crippen LogP contribution in [0.1, 0.15) is 12.8 Å². The molecule has 25 heavy (non-hydrogen) atoms. The molecule has 0 aliphatic carbocycles. The molecule has 0 spiro atoms. The lowest BCUT2D eigenvalue weighted by atomic mass is 10.1. The minimum atomic E-state index is -1.08. The van der Waals surface area contributed by atoms with Gasteiger partial charge in [-0.15, -0.1) is 0 Å². The lowest BCUT2D eigenvalue weighted by Gasteiger charge is -2.36. The number of hydrogen-bond donors (Lipinski definition) is 2. The molecule has 0 aromatic heterocycles. The average molecular weight is 351 g/mol. The van der Waals surface area contributed by atoms with Gasteiger partial charge in [-0.1, -0.05) is 0 Å². The number of aliphatic carboxylic acids is 1. The summed E-state index contributed by atoms with van der Waals surface area (Å²) in [6.07, 6.45) is 0.313. The van der Waals surface area contributed by atoms with Gasteiger partial charge in [0.1, 0.15) is 6.04 Å². The number of benzene rings is 1. The number of ether oxygens (including phenoxy) is 2. The smallest absolute Gasteiger partial charge is 0.320 e. The van der Waals surface area contributed by atoms with E-state index in [9.17, 15) is 9.59 Å². The minimum absolute atomic E-state index is 0.0522. The molecular formula is C17H25N3O5. The molecule has 0 saturated carbocycles. The second-order valence-electron chi connectivity index (χ2n) is 5.89. The van der Waals surface area contributed by atoms with Crippen molar-refractivity contribution in [3.05, 3.63) is 18.2 Å². The molecule has 1 heterocycles. The van der Waals surface area contributed by atoms with Crippen LogP contribution in [0.2, 0.25) is 0 Å². The highest BCUT2D eigenvalue weighted by atomic mass is 16.5. The fourth-order valence-corrected chi connectivity index (χ4v) is 2.80. The number of carbonyl (C=O) groups excluding carboxylic acids is 1. The molecule has 8 nitrogen and oxygen atoms in total. The first-order chi connectivity index (χ1) is 12.0. The Labute approximate surface area is 147 Å². The summed E-state index contributed by atoms with van der Waals surface area (Å²) < 4.78 is 10.6. The zero-order chi connectivity index (χ0) is 18.4. The predicted molar refractivity (Wildman–Crippen MR) is 93.2 cm³/mol. The van der Waals surface area contributed by atoms with E-state index in [0.717, 1.165) is 5.69 Å². The van der Waals surface area contributed by atoms with E-state index in [-0.39, 0.29) is 18.7 Å². The Bertz CT molecular complexity index is 614. The maximum absolute atomic E-state index is 12.2. The summed E-state index contributed by atoms with van der Waals surface area (Å²) in [5.74, 6) is 0.214. The van der Waals surface area contributed by atoms with Crippen LogP contribution in [-0.2, 0) is 9.59 Å². The standard InChI is InChI=1S/C17H25N3O5/c1-24-14-5-3-12(11-15(14)25-2)19-7-9-20(10-8-19)16(21)6-4-13(18)17(22)23/h3,5,11,13H,4,6-10,18H2,1-2H3,(H,22,23)/t13-/m0/s1. The van der Waals surface area contributed by atoms with Crippen LogP contribution in [0, 0.1) is 0 Å². The van der Waals surface area contributed by atoms with E-state index < -0.39 is 12.0 Å². The zero-order valence-electron chi connectivity index (χ0n) is 14.6. The number of carboxylic acids is 1. The van der Waals surface area contributed by atoms with E-state index in [1.165, 1.54) is 0 Å². The van der Waals surface area contributed by atoms with E-state index in [0.29, 0.717) is 37.7 Å². The number of nitrogens with two attached hydrogens (primary N) is 1. The predicted octanol–water partition coefficient (Wildman–Crippen LogP) is 0.545. The first-order valence-electron chi connectivity index (χ1n) is 8.19.